The monoisotopic (exact) mass is 272 g/mol. The minimum Gasteiger partial charge on any atom is -0.296 e. The van der Waals surface area contributed by atoms with Crippen molar-refractivity contribution in [2.45, 2.75) is 59.4 Å². The first-order valence-electron chi connectivity index (χ1n) is 7.73. The Morgan fingerprint density at radius 3 is 2.55 bits per heavy atom. The third kappa shape index (κ3) is 2.92. The van der Waals surface area contributed by atoms with Gasteiger partial charge in [-0.2, -0.15) is 0 Å². The second-order valence-corrected chi connectivity index (χ2v) is 5.25. The predicted molar refractivity (Wildman–Crippen MR) is 84.3 cm³/mol. The molecule has 0 bridgehead atoms. The van der Waals surface area contributed by atoms with Gasteiger partial charge in [0.2, 0.25) is 0 Å². The second-order valence-electron chi connectivity index (χ2n) is 5.25. The predicted octanol–water partition coefficient (Wildman–Crippen LogP) is 3.71. The Hall–Kier alpha value is -1.64. The van der Waals surface area contributed by atoms with E-state index in [2.05, 4.69) is 31.8 Å². The lowest BCUT2D eigenvalue weighted by atomic mass is 10.1. The van der Waals surface area contributed by atoms with Gasteiger partial charge in [0.05, 0.1) is 10.9 Å². The molecule has 0 aliphatic rings. The van der Waals surface area contributed by atoms with Crippen LogP contribution in [-0.4, -0.2) is 9.55 Å². The highest BCUT2D eigenvalue weighted by Crippen LogP contribution is 2.13. The van der Waals surface area contributed by atoms with Gasteiger partial charge in [-0.05, 0) is 30.5 Å². The van der Waals surface area contributed by atoms with E-state index in [1.165, 1.54) is 5.56 Å². The summed E-state index contributed by atoms with van der Waals surface area (Å²) in [6.45, 7) is 7.13. The molecule has 1 aromatic heterocycles. The molecule has 2 aromatic rings. The second kappa shape index (κ2) is 6.69. The van der Waals surface area contributed by atoms with Crippen LogP contribution >= 0.6 is 0 Å². The highest BCUT2D eigenvalue weighted by molar-refractivity contribution is 5.78. The Morgan fingerprint density at radius 1 is 1.10 bits per heavy atom. The normalized spacial score (nSPS) is 11.2. The molecule has 0 aliphatic heterocycles. The van der Waals surface area contributed by atoms with E-state index in [1.807, 2.05) is 16.7 Å². The van der Waals surface area contributed by atoms with Crippen LogP contribution in [-0.2, 0) is 19.4 Å². The van der Waals surface area contributed by atoms with Gasteiger partial charge in [0.15, 0.2) is 0 Å². The molecule has 3 heteroatoms. The molecule has 1 aromatic carbocycles. The molecule has 0 aliphatic carbocycles. The summed E-state index contributed by atoms with van der Waals surface area (Å²) in [5.41, 5.74) is 2.15. The van der Waals surface area contributed by atoms with Crippen LogP contribution in [0.15, 0.2) is 23.0 Å². The standard InChI is InChI=1S/C17H24N2O/c1-4-7-8-11-19-16(6-3)18-15-10-9-13(5-2)12-14(15)17(19)20/h9-10,12H,4-8,11H2,1-3H3. The first-order valence-corrected chi connectivity index (χ1v) is 7.73. The number of aromatic nitrogens is 2. The summed E-state index contributed by atoms with van der Waals surface area (Å²) in [6, 6.07) is 6.04. The minimum absolute atomic E-state index is 0.123. The van der Waals surface area contributed by atoms with Crippen molar-refractivity contribution in [2.75, 3.05) is 0 Å². The highest BCUT2D eigenvalue weighted by atomic mass is 16.1. The maximum Gasteiger partial charge on any atom is 0.261 e. The molecule has 0 amide bonds. The fourth-order valence-corrected chi connectivity index (χ4v) is 2.55. The van der Waals surface area contributed by atoms with E-state index < -0.39 is 0 Å². The van der Waals surface area contributed by atoms with Crippen LogP contribution in [0.5, 0.6) is 0 Å². The van der Waals surface area contributed by atoms with Crippen molar-refractivity contribution in [3.8, 4) is 0 Å². The molecule has 0 radical (unpaired) electrons. The maximum absolute atomic E-state index is 12.7. The molecule has 0 atom stereocenters. The zero-order valence-corrected chi connectivity index (χ0v) is 12.8. The number of nitrogens with zero attached hydrogens (tertiary/aromatic N) is 2. The van der Waals surface area contributed by atoms with Gasteiger partial charge in [0.1, 0.15) is 5.82 Å². The third-order valence-corrected chi connectivity index (χ3v) is 3.81. The topological polar surface area (TPSA) is 34.9 Å². The Kier molecular flexibility index (Phi) is 4.94. The smallest absolute Gasteiger partial charge is 0.261 e. The van der Waals surface area contributed by atoms with Gasteiger partial charge in [0.25, 0.3) is 5.56 Å². The molecule has 3 nitrogen and oxygen atoms in total. The molecule has 0 saturated carbocycles. The van der Waals surface area contributed by atoms with Gasteiger partial charge >= 0.3 is 0 Å². The molecule has 0 fully saturated rings. The Morgan fingerprint density at radius 2 is 1.90 bits per heavy atom. The van der Waals surface area contributed by atoms with Crippen LogP contribution in [0.1, 0.15) is 51.4 Å². The van der Waals surface area contributed by atoms with Crippen LogP contribution in [0.3, 0.4) is 0 Å². The van der Waals surface area contributed by atoms with Crippen molar-refractivity contribution in [3.05, 3.63) is 39.9 Å². The molecule has 0 saturated heterocycles. The van der Waals surface area contributed by atoms with Gasteiger partial charge in [-0.3, -0.25) is 9.36 Å². The van der Waals surface area contributed by atoms with Crippen LogP contribution in [0.2, 0.25) is 0 Å². The fourth-order valence-electron chi connectivity index (χ4n) is 2.55. The largest absolute Gasteiger partial charge is 0.296 e. The molecule has 0 unspecified atom stereocenters. The van der Waals surface area contributed by atoms with Gasteiger partial charge in [-0.15, -0.1) is 0 Å². The number of fused-ring (bicyclic) bond motifs is 1. The van der Waals surface area contributed by atoms with Gasteiger partial charge in [0, 0.05) is 13.0 Å². The van der Waals surface area contributed by atoms with Crippen LogP contribution < -0.4 is 5.56 Å². The summed E-state index contributed by atoms with van der Waals surface area (Å²) < 4.78 is 1.87. The summed E-state index contributed by atoms with van der Waals surface area (Å²) in [6.07, 6.45) is 5.11. The number of aryl methyl sites for hydroxylation is 2. The molecule has 20 heavy (non-hydrogen) atoms. The molecule has 0 N–H and O–H groups in total. The van der Waals surface area contributed by atoms with Crippen LogP contribution in [0.25, 0.3) is 10.9 Å². The Balaban J connectivity index is 2.53. The van der Waals surface area contributed by atoms with E-state index >= 15 is 0 Å². The summed E-state index contributed by atoms with van der Waals surface area (Å²) >= 11 is 0. The lowest BCUT2D eigenvalue weighted by molar-refractivity contribution is 0.561. The minimum atomic E-state index is 0.123. The zero-order valence-electron chi connectivity index (χ0n) is 12.8. The summed E-state index contributed by atoms with van der Waals surface area (Å²) in [5, 5.41) is 0.762. The number of rotatable bonds is 6. The summed E-state index contributed by atoms with van der Waals surface area (Å²) in [7, 11) is 0. The Labute approximate surface area is 120 Å². The van der Waals surface area contributed by atoms with E-state index in [0.29, 0.717) is 0 Å². The Bertz CT molecular complexity index is 643. The van der Waals surface area contributed by atoms with E-state index in [-0.39, 0.29) is 5.56 Å². The average molecular weight is 272 g/mol. The number of hydrogen-bond donors (Lipinski definition) is 0. The van der Waals surface area contributed by atoms with E-state index in [0.717, 1.165) is 55.4 Å². The average Bonchev–Trinajstić information content (AvgIpc) is 2.49. The SMILES string of the molecule is CCCCCn1c(CC)nc2ccc(CC)cc2c1=O. The summed E-state index contributed by atoms with van der Waals surface area (Å²) in [4.78, 5) is 17.4. The zero-order chi connectivity index (χ0) is 14.5. The first kappa shape index (κ1) is 14.8. The third-order valence-electron chi connectivity index (χ3n) is 3.81. The van der Waals surface area contributed by atoms with Crippen molar-refractivity contribution in [2.24, 2.45) is 0 Å². The van der Waals surface area contributed by atoms with Gasteiger partial charge in [-0.1, -0.05) is 39.7 Å². The molecule has 2 rings (SSSR count). The van der Waals surface area contributed by atoms with E-state index in [4.69, 9.17) is 0 Å². The van der Waals surface area contributed by atoms with Crippen molar-refractivity contribution in [3.63, 3.8) is 0 Å². The van der Waals surface area contributed by atoms with E-state index in [1.54, 1.807) is 0 Å². The van der Waals surface area contributed by atoms with Crippen molar-refractivity contribution in [1.82, 2.24) is 9.55 Å². The lowest BCUT2D eigenvalue weighted by Crippen LogP contribution is -2.25. The first-order chi connectivity index (χ1) is 9.71. The van der Waals surface area contributed by atoms with E-state index in [9.17, 15) is 4.79 Å². The van der Waals surface area contributed by atoms with Crippen molar-refractivity contribution < 1.29 is 0 Å². The molecular formula is C17H24N2O. The molecule has 1 heterocycles. The number of unbranched alkanes of at least 4 members (excludes halogenated alkanes) is 2. The van der Waals surface area contributed by atoms with Gasteiger partial charge in [-0.25, -0.2) is 4.98 Å². The fraction of sp³-hybridized carbons (Fsp3) is 0.529. The van der Waals surface area contributed by atoms with Crippen molar-refractivity contribution in [1.29, 1.82) is 0 Å². The lowest BCUT2D eigenvalue weighted by Gasteiger charge is -2.12. The van der Waals surface area contributed by atoms with Crippen LogP contribution in [0.4, 0.5) is 0 Å². The number of benzene rings is 1. The molecule has 108 valence electrons. The molecular weight excluding hydrogens is 248 g/mol. The van der Waals surface area contributed by atoms with Gasteiger partial charge < -0.3 is 0 Å². The molecule has 0 spiro atoms. The highest BCUT2D eigenvalue weighted by Gasteiger charge is 2.09. The maximum atomic E-state index is 12.7. The van der Waals surface area contributed by atoms with Crippen LogP contribution in [0, 0.1) is 0 Å². The number of hydrogen-bond acceptors (Lipinski definition) is 2. The van der Waals surface area contributed by atoms with Crippen molar-refractivity contribution >= 4 is 10.9 Å². The summed E-state index contributed by atoms with van der Waals surface area (Å²) in [5.74, 6) is 0.905. The quantitative estimate of drug-likeness (QED) is 0.751.